The molecule has 6 nitrogen and oxygen atoms in total. The molecular weight excluding hydrogens is 270 g/mol. The second kappa shape index (κ2) is 6.03. The number of sulfonamides is 1. The number of aromatic hydroxyl groups is 1. The number of rotatable bonds is 6. The lowest BCUT2D eigenvalue weighted by molar-refractivity contribution is -0.138. The van der Waals surface area contributed by atoms with Gasteiger partial charge in [0.25, 0.3) is 0 Å². The van der Waals surface area contributed by atoms with E-state index in [4.69, 9.17) is 10.2 Å². The lowest BCUT2D eigenvalue weighted by atomic mass is 10.1. The minimum atomic E-state index is -3.65. The van der Waals surface area contributed by atoms with Crippen molar-refractivity contribution in [1.82, 2.24) is 4.72 Å². The average Bonchev–Trinajstić information content (AvgIpc) is 2.30. The van der Waals surface area contributed by atoms with Crippen LogP contribution in [0.15, 0.2) is 24.3 Å². The molecule has 0 aliphatic carbocycles. The first-order valence-electron chi connectivity index (χ1n) is 5.74. The molecule has 1 rings (SSSR count). The van der Waals surface area contributed by atoms with Crippen molar-refractivity contribution in [3.05, 3.63) is 29.8 Å². The Bertz CT molecular complexity index is 536. The molecule has 0 unspecified atom stereocenters. The van der Waals surface area contributed by atoms with Gasteiger partial charge < -0.3 is 10.2 Å². The molecule has 0 saturated carbocycles. The first-order valence-corrected chi connectivity index (χ1v) is 7.29. The third-order valence-corrected chi connectivity index (χ3v) is 4.46. The van der Waals surface area contributed by atoms with Crippen LogP contribution in [0.4, 0.5) is 0 Å². The number of hydrogen-bond donors (Lipinski definition) is 3. The first-order chi connectivity index (χ1) is 8.72. The van der Waals surface area contributed by atoms with E-state index in [1.54, 1.807) is 12.1 Å². The van der Waals surface area contributed by atoms with Gasteiger partial charge in [0.1, 0.15) is 11.8 Å². The molecule has 0 aromatic heterocycles. The summed E-state index contributed by atoms with van der Waals surface area (Å²) in [6, 6.07) is 4.72. The Morgan fingerprint density at radius 3 is 2.21 bits per heavy atom. The molecule has 3 N–H and O–H groups in total. The number of phenolic OH excluding ortho intramolecular Hbond substituents is 1. The third-order valence-electron chi connectivity index (χ3n) is 2.60. The van der Waals surface area contributed by atoms with Crippen LogP contribution in [-0.2, 0) is 21.2 Å². The fourth-order valence-electron chi connectivity index (χ4n) is 1.38. The molecule has 1 aromatic rings. The molecule has 1 aromatic carbocycles. The van der Waals surface area contributed by atoms with Crippen LogP contribution in [0.1, 0.15) is 19.4 Å². The number of hydrogen-bond acceptors (Lipinski definition) is 4. The lowest BCUT2D eigenvalue weighted by Gasteiger charge is -2.16. The summed E-state index contributed by atoms with van der Waals surface area (Å²) in [5, 5.41) is 17.5. The van der Waals surface area contributed by atoms with Gasteiger partial charge >= 0.3 is 5.97 Å². The summed E-state index contributed by atoms with van der Waals surface area (Å²) in [6.45, 7) is 2.95. The number of carboxylic acids is 1. The molecule has 0 fully saturated rings. The molecule has 0 radical (unpaired) electrons. The Morgan fingerprint density at radius 1 is 1.26 bits per heavy atom. The summed E-state index contributed by atoms with van der Waals surface area (Å²) in [5.74, 6) is -1.17. The van der Waals surface area contributed by atoms with Gasteiger partial charge in [-0.15, -0.1) is 0 Å². The number of carboxylic acid groups (broad SMARTS) is 1. The zero-order valence-electron chi connectivity index (χ0n) is 10.7. The van der Waals surface area contributed by atoms with Crippen molar-refractivity contribution in [1.29, 1.82) is 0 Å². The van der Waals surface area contributed by atoms with Crippen molar-refractivity contribution in [2.45, 2.75) is 31.6 Å². The maximum Gasteiger partial charge on any atom is 0.322 e. The predicted molar refractivity (Wildman–Crippen MR) is 70.4 cm³/mol. The van der Waals surface area contributed by atoms with Gasteiger partial charge in [-0.2, -0.15) is 0 Å². The summed E-state index contributed by atoms with van der Waals surface area (Å²) < 4.78 is 25.5. The molecule has 0 bridgehead atoms. The topological polar surface area (TPSA) is 104 Å². The zero-order chi connectivity index (χ0) is 14.6. The summed E-state index contributed by atoms with van der Waals surface area (Å²) in [7, 11) is -3.65. The van der Waals surface area contributed by atoms with Gasteiger partial charge in [0.2, 0.25) is 10.0 Å². The molecule has 0 aliphatic rings. The van der Waals surface area contributed by atoms with Crippen LogP contribution in [-0.4, -0.2) is 35.9 Å². The van der Waals surface area contributed by atoms with Crippen molar-refractivity contribution >= 4 is 16.0 Å². The fraction of sp³-hybridized carbons (Fsp3) is 0.417. The smallest absolute Gasteiger partial charge is 0.322 e. The maximum atomic E-state index is 11.7. The maximum absolute atomic E-state index is 11.7. The minimum absolute atomic E-state index is 0.0154. The molecule has 0 aliphatic heterocycles. The van der Waals surface area contributed by atoms with Crippen LogP contribution in [0.3, 0.4) is 0 Å². The van der Waals surface area contributed by atoms with Crippen molar-refractivity contribution in [2.24, 2.45) is 0 Å². The molecule has 0 heterocycles. The van der Waals surface area contributed by atoms with Gasteiger partial charge in [0, 0.05) is 0 Å². The number of carbonyl (C=O) groups is 1. The standard InChI is InChI=1S/C12H17NO5S/c1-8(2)19(17,18)13-11(12(15)16)7-9-3-5-10(14)6-4-9/h3-6,8,11,13-14H,7H2,1-2H3,(H,15,16)/t11-/m1/s1. The first kappa shape index (κ1) is 15.5. The molecule has 7 heteroatoms. The van der Waals surface area contributed by atoms with Gasteiger partial charge in [0.05, 0.1) is 5.25 Å². The van der Waals surface area contributed by atoms with E-state index in [-0.39, 0.29) is 12.2 Å². The van der Waals surface area contributed by atoms with E-state index < -0.39 is 27.3 Å². The molecule has 0 saturated heterocycles. The summed E-state index contributed by atoms with van der Waals surface area (Å²) >= 11 is 0. The van der Waals surface area contributed by atoms with Gasteiger partial charge in [-0.1, -0.05) is 12.1 Å². The van der Waals surface area contributed by atoms with E-state index in [2.05, 4.69) is 4.72 Å². The van der Waals surface area contributed by atoms with Crippen molar-refractivity contribution in [2.75, 3.05) is 0 Å². The number of nitrogens with one attached hydrogen (secondary N) is 1. The van der Waals surface area contributed by atoms with Crippen LogP contribution in [0, 0.1) is 0 Å². The molecule has 106 valence electrons. The molecule has 19 heavy (non-hydrogen) atoms. The monoisotopic (exact) mass is 287 g/mol. The van der Waals surface area contributed by atoms with Gasteiger partial charge in [0.15, 0.2) is 0 Å². The van der Waals surface area contributed by atoms with Crippen molar-refractivity contribution in [3.63, 3.8) is 0 Å². The van der Waals surface area contributed by atoms with Gasteiger partial charge in [-0.25, -0.2) is 13.1 Å². The number of aliphatic carboxylic acids is 1. The van der Waals surface area contributed by atoms with Crippen LogP contribution in [0.25, 0.3) is 0 Å². The molecule has 0 amide bonds. The summed E-state index contributed by atoms with van der Waals surface area (Å²) in [6.07, 6.45) is 0.0154. The molecule has 1 atom stereocenters. The van der Waals surface area contributed by atoms with E-state index >= 15 is 0 Å². The quantitative estimate of drug-likeness (QED) is 0.715. The van der Waals surface area contributed by atoms with Crippen LogP contribution in [0.5, 0.6) is 5.75 Å². The summed E-state index contributed by atoms with van der Waals surface area (Å²) in [4.78, 5) is 11.1. The highest BCUT2D eigenvalue weighted by Crippen LogP contribution is 2.12. The highest BCUT2D eigenvalue weighted by atomic mass is 32.2. The minimum Gasteiger partial charge on any atom is -0.508 e. The highest BCUT2D eigenvalue weighted by Gasteiger charge is 2.26. The summed E-state index contributed by atoms with van der Waals surface area (Å²) in [5.41, 5.74) is 0.622. The highest BCUT2D eigenvalue weighted by molar-refractivity contribution is 7.90. The average molecular weight is 287 g/mol. The Kier molecular flexibility index (Phi) is 4.90. The molecular formula is C12H17NO5S. The zero-order valence-corrected chi connectivity index (χ0v) is 11.5. The Balaban J connectivity index is 2.85. The fourth-order valence-corrected chi connectivity index (χ4v) is 2.23. The SMILES string of the molecule is CC(C)S(=O)(=O)N[C@H](Cc1ccc(O)cc1)C(=O)O. The lowest BCUT2D eigenvalue weighted by Crippen LogP contribution is -2.44. The van der Waals surface area contributed by atoms with E-state index in [0.717, 1.165) is 0 Å². The van der Waals surface area contributed by atoms with Crippen LogP contribution in [0.2, 0.25) is 0 Å². The van der Waals surface area contributed by atoms with Crippen molar-refractivity contribution in [3.8, 4) is 5.75 Å². The normalized spacial score (nSPS) is 13.4. The van der Waals surface area contributed by atoms with Gasteiger partial charge in [-0.3, -0.25) is 4.79 Å². The van der Waals surface area contributed by atoms with E-state index in [1.165, 1.54) is 26.0 Å². The Morgan fingerprint density at radius 2 is 1.79 bits per heavy atom. The number of benzene rings is 1. The van der Waals surface area contributed by atoms with Crippen LogP contribution >= 0.6 is 0 Å². The van der Waals surface area contributed by atoms with E-state index in [1.807, 2.05) is 0 Å². The Hall–Kier alpha value is -1.60. The van der Waals surface area contributed by atoms with Gasteiger partial charge in [-0.05, 0) is 38.0 Å². The van der Waals surface area contributed by atoms with Crippen LogP contribution < -0.4 is 4.72 Å². The van der Waals surface area contributed by atoms with E-state index in [0.29, 0.717) is 5.56 Å². The second-order valence-corrected chi connectivity index (χ2v) is 6.74. The van der Waals surface area contributed by atoms with E-state index in [9.17, 15) is 13.2 Å². The third kappa shape index (κ3) is 4.53. The largest absolute Gasteiger partial charge is 0.508 e. The molecule has 0 spiro atoms. The van der Waals surface area contributed by atoms with Crippen molar-refractivity contribution < 1.29 is 23.4 Å². The predicted octanol–water partition coefficient (Wildman–Crippen LogP) is 0.716. The number of phenols is 1. The Labute approximate surface area is 112 Å². The second-order valence-electron chi connectivity index (χ2n) is 4.47.